The topological polar surface area (TPSA) is 258 Å². The fourth-order valence-electron chi connectivity index (χ4n) is 4.09. The van der Waals surface area contributed by atoms with Crippen molar-refractivity contribution >= 4 is 47.5 Å². The van der Waals surface area contributed by atoms with Gasteiger partial charge in [0.1, 0.15) is 31.8 Å². The summed E-state index contributed by atoms with van der Waals surface area (Å²) in [5, 5.41) is 13.0. The van der Waals surface area contributed by atoms with Crippen LogP contribution in [0.4, 0.5) is 0 Å². The Hall–Kier alpha value is -6.05. The van der Waals surface area contributed by atoms with E-state index in [1.807, 2.05) is 0 Å². The highest BCUT2D eigenvalue weighted by atomic mass is 16.6. The number of nitrogens with zero attached hydrogens (tertiary/aromatic N) is 2. The number of rotatable bonds is 6. The van der Waals surface area contributed by atoms with Crippen LogP contribution in [0.3, 0.4) is 0 Å². The van der Waals surface area contributed by atoms with E-state index in [1.54, 1.807) is 41.3 Å². The Morgan fingerprint density at radius 1 is 0.680 bits per heavy atom. The molecule has 1 aromatic heterocycles. The van der Waals surface area contributed by atoms with Gasteiger partial charge in [0, 0.05) is 6.42 Å². The summed E-state index contributed by atoms with van der Waals surface area (Å²) < 4.78 is 31.7. The van der Waals surface area contributed by atoms with Gasteiger partial charge in [-0.25, -0.2) is 4.79 Å². The standard InChI is InChI=1S/C30H34N6O14/c37-23-14-47-28(42)8-33-25(39)16-49-30(44)22(35-26(40)17-48-29(43)9-32-24(38)15-46-27(41)7-31-23)5-18-1-3-19(4-2-18)10-36-11-20(6-34-36)50-21-12-45-13-21/h1-4,6,11,21-22H,5,7-10,12-17H2,(H,31,37)(H,32,38)(H,33,39)(H,35,40). The number of benzene rings is 1. The largest absolute Gasteiger partial charge is 0.482 e. The average molecular weight is 703 g/mol. The molecule has 0 bridgehead atoms. The molecule has 3 heterocycles. The van der Waals surface area contributed by atoms with Crippen LogP contribution in [0.15, 0.2) is 36.7 Å². The smallest absolute Gasteiger partial charge is 0.329 e. The first kappa shape index (κ1) is 36.8. The van der Waals surface area contributed by atoms with E-state index in [1.165, 1.54) is 0 Å². The van der Waals surface area contributed by atoms with Crippen molar-refractivity contribution in [1.29, 1.82) is 0 Å². The number of ether oxygens (including phenoxy) is 6. The third kappa shape index (κ3) is 12.9. The van der Waals surface area contributed by atoms with Crippen molar-refractivity contribution in [3.63, 3.8) is 0 Å². The summed E-state index contributed by atoms with van der Waals surface area (Å²) in [6.07, 6.45) is 3.27. The maximum Gasteiger partial charge on any atom is 0.329 e. The molecule has 4 rings (SSSR count). The highest BCUT2D eigenvalue weighted by Crippen LogP contribution is 2.16. The van der Waals surface area contributed by atoms with Gasteiger partial charge in [-0.3, -0.25) is 38.2 Å². The van der Waals surface area contributed by atoms with Crippen LogP contribution in [0.2, 0.25) is 0 Å². The quantitative estimate of drug-likeness (QED) is 0.167. The van der Waals surface area contributed by atoms with E-state index < -0.39 is 99.6 Å². The van der Waals surface area contributed by atoms with Gasteiger partial charge < -0.3 is 49.7 Å². The zero-order valence-electron chi connectivity index (χ0n) is 26.5. The summed E-state index contributed by atoms with van der Waals surface area (Å²) in [6.45, 7) is -3.80. The summed E-state index contributed by atoms with van der Waals surface area (Å²) in [4.78, 5) is 97.1. The molecule has 2 aromatic rings. The molecule has 2 fully saturated rings. The number of hydrogen-bond acceptors (Lipinski definition) is 15. The fraction of sp³-hybridized carbons (Fsp3) is 0.433. The Morgan fingerprint density at radius 2 is 1.18 bits per heavy atom. The minimum atomic E-state index is -1.34. The molecular weight excluding hydrogens is 668 g/mol. The van der Waals surface area contributed by atoms with Gasteiger partial charge in [-0.05, 0) is 11.1 Å². The minimum absolute atomic E-state index is 0.00314. The molecule has 50 heavy (non-hydrogen) atoms. The van der Waals surface area contributed by atoms with E-state index in [0.29, 0.717) is 31.1 Å². The van der Waals surface area contributed by atoms with Crippen molar-refractivity contribution in [2.75, 3.05) is 59.3 Å². The summed E-state index contributed by atoms with van der Waals surface area (Å²) >= 11 is 0. The first-order chi connectivity index (χ1) is 24.0. The van der Waals surface area contributed by atoms with E-state index in [4.69, 9.17) is 18.9 Å². The van der Waals surface area contributed by atoms with Crippen molar-refractivity contribution in [2.24, 2.45) is 0 Å². The van der Waals surface area contributed by atoms with Gasteiger partial charge >= 0.3 is 23.9 Å². The summed E-state index contributed by atoms with van der Waals surface area (Å²) in [5.41, 5.74) is 1.46. The van der Waals surface area contributed by atoms with Gasteiger partial charge in [0.2, 0.25) is 0 Å². The third-order valence-corrected chi connectivity index (χ3v) is 6.67. The lowest BCUT2D eigenvalue weighted by Crippen LogP contribution is -2.46. The summed E-state index contributed by atoms with van der Waals surface area (Å²) in [7, 11) is 0. The number of amides is 4. The first-order valence-corrected chi connectivity index (χ1v) is 15.1. The predicted molar refractivity (Wildman–Crippen MR) is 162 cm³/mol. The van der Waals surface area contributed by atoms with E-state index in [2.05, 4.69) is 35.8 Å². The molecule has 1 aromatic carbocycles. The number of carbonyl (C=O) groups is 8. The second-order valence-electron chi connectivity index (χ2n) is 10.7. The number of carbonyl (C=O) groups excluding carboxylic acids is 8. The van der Waals surface area contributed by atoms with E-state index >= 15 is 0 Å². The number of cyclic esters (lactones) is 4. The molecule has 20 heteroatoms. The van der Waals surface area contributed by atoms with Crippen LogP contribution in [0.25, 0.3) is 0 Å². The molecular formula is C30H34N6O14. The Labute approximate surface area is 283 Å². The SMILES string of the molecule is O=C1COC(=O)CNC(=O)COC(=O)C(Cc2ccc(Cn3cc(OC4COC4)cn3)cc2)NC(=O)COC(=O)CNC(=O)COC(=O)CN1. The second-order valence-corrected chi connectivity index (χ2v) is 10.7. The lowest BCUT2D eigenvalue weighted by Gasteiger charge is -2.25. The molecule has 0 radical (unpaired) electrons. The number of nitrogens with one attached hydrogen (secondary N) is 4. The number of hydrogen-bond donors (Lipinski definition) is 4. The Bertz CT molecular complexity index is 1570. The van der Waals surface area contributed by atoms with Crippen molar-refractivity contribution in [3.8, 4) is 5.75 Å². The molecule has 20 nitrogen and oxygen atoms in total. The average Bonchev–Trinajstić information content (AvgIpc) is 3.53. The first-order valence-electron chi connectivity index (χ1n) is 15.1. The van der Waals surface area contributed by atoms with Gasteiger partial charge in [-0.2, -0.15) is 5.10 Å². The van der Waals surface area contributed by atoms with Crippen molar-refractivity contribution < 1.29 is 66.8 Å². The van der Waals surface area contributed by atoms with Gasteiger partial charge in [-0.1, -0.05) is 24.3 Å². The minimum Gasteiger partial charge on any atom is -0.482 e. The highest BCUT2D eigenvalue weighted by Gasteiger charge is 2.25. The lowest BCUT2D eigenvalue weighted by molar-refractivity contribution is -0.154. The number of esters is 4. The van der Waals surface area contributed by atoms with Crippen LogP contribution < -0.4 is 26.0 Å². The highest BCUT2D eigenvalue weighted by molar-refractivity contribution is 5.90. The van der Waals surface area contributed by atoms with Crippen LogP contribution >= 0.6 is 0 Å². The molecule has 2 aliphatic rings. The monoisotopic (exact) mass is 702 g/mol. The van der Waals surface area contributed by atoms with E-state index in [-0.39, 0.29) is 12.5 Å². The Morgan fingerprint density at radius 3 is 1.70 bits per heavy atom. The van der Waals surface area contributed by atoms with Crippen LogP contribution in [-0.2, 0) is 75.0 Å². The molecule has 1 unspecified atom stereocenters. The zero-order chi connectivity index (χ0) is 35.9. The molecule has 268 valence electrons. The van der Waals surface area contributed by atoms with Crippen LogP contribution in [0, 0.1) is 0 Å². The Kier molecular flexibility index (Phi) is 13.6. The normalized spacial score (nSPS) is 19.9. The maximum atomic E-state index is 13.0. The van der Waals surface area contributed by atoms with Gasteiger partial charge in [0.05, 0.1) is 32.2 Å². The third-order valence-electron chi connectivity index (χ3n) is 6.67. The van der Waals surface area contributed by atoms with Crippen LogP contribution in [0.5, 0.6) is 5.75 Å². The maximum absolute atomic E-state index is 13.0. The van der Waals surface area contributed by atoms with Gasteiger partial charge in [0.15, 0.2) is 32.2 Å². The van der Waals surface area contributed by atoms with Gasteiger partial charge in [0.25, 0.3) is 23.6 Å². The lowest BCUT2D eigenvalue weighted by atomic mass is 10.0. The fourth-order valence-corrected chi connectivity index (χ4v) is 4.09. The van der Waals surface area contributed by atoms with Crippen molar-refractivity contribution in [2.45, 2.75) is 25.1 Å². The van der Waals surface area contributed by atoms with Crippen LogP contribution in [-0.4, -0.2) is 129 Å². The van der Waals surface area contributed by atoms with Crippen molar-refractivity contribution in [1.82, 2.24) is 31.0 Å². The molecule has 2 aliphatic heterocycles. The summed E-state index contributed by atoms with van der Waals surface area (Å²) in [5.74, 6) is -6.98. The molecule has 0 spiro atoms. The molecule has 0 saturated carbocycles. The molecule has 2 saturated heterocycles. The zero-order valence-corrected chi connectivity index (χ0v) is 26.5. The van der Waals surface area contributed by atoms with Crippen LogP contribution in [0.1, 0.15) is 11.1 Å². The molecule has 1 atom stereocenters. The van der Waals surface area contributed by atoms with E-state index in [9.17, 15) is 38.4 Å². The van der Waals surface area contributed by atoms with E-state index in [0.717, 1.165) is 5.56 Å². The summed E-state index contributed by atoms with van der Waals surface area (Å²) in [6, 6.07) is 5.66. The Balaban J connectivity index is 1.36. The molecule has 0 aliphatic carbocycles. The molecule has 4 amide bonds. The van der Waals surface area contributed by atoms with Gasteiger partial charge in [-0.15, -0.1) is 0 Å². The van der Waals surface area contributed by atoms with Crippen molar-refractivity contribution in [3.05, 3.63) is 47.8 Å². The predicted octanol–water partition coefficient (Wildman–Crippen LogP) is -3.73. The molecule has 4 N–H and O–H groups in total. The second kappa shape index (κ2) is 18.5. The number of aromatic nitrogens is 2.